The third-order valence-corrected chi connectivity index (χ3v) is 2.69. The Hall–Kier alpha value is -2.76. The minimum absolute atomic E-state index is 0.293. The van der Waals surface area contributed by atoms with Crippen LogP contribution in [-0.2, 0) is 6.54 Å². The molecule has 0 aliphatic carbocycles. The van der Waals surface area contributed by atoms with Crippen LogP contribution in [0.4, 0.5) is 10.6 Å². The molecule has 3 rings (SSSR count). The van der Waals surface area contributed by atoms with Gasteiger partial charge in [-0.2, -0.15) is 5.10 Å². The SMILES string of the molecule is O=C1Nc2ncccc2CN1N=Cc1ccccn1. The molecule has 0 saturated carbocycles. The Balaban J connectivity index is 1.80. The summed E-state index contributed by atoms with van der Waals surface area (Å²) in [5.41, 5.74) is 1.63. The highest BCUT2D eigenvalue weighted by atomic mass is 16.2. The summed E-state index contributed by atoms with van der Waals surface area (Å²) in [5.74, 6) is 0.594. The van der Waals surface area contributed by atoms with Crippen LogP contribution in [-0.4, -0.2) is 27.2 Å². The number of urea groups is 1. The van der Waals surface area contributed by atoms with Gasteiger partial charge in [0.15, 0.2) is 0 Å². The van der Waals surface area contributed by atoms with E-state index in [0.29, 0.717) is 18.1 Å². The lowest BCUT2D eigenvalue weighted by molar-refractivity contribution is 0.209. The average molecular weight is 253 g/mol. The van der Waals surface area contributed by atoms with Crippen LogP contribution in [0, 0.1) is 0 Å². The van der Waals surface area contributed by atoms with Crippen molar-refractivity contribution in [2.75, 3.05) is 5.32 Å². The molecule has 2 amide bonds. The number of hydrazone groups is 1. The first-order valence-electron chi connectivity index (χ1n) is 5.80. The van der Waals surface area contributed by atoms with Crippen LogP contribution in [0.3, 0.4) is 0 Å². The Kier molecular flexibility index (Phi) is 2.89. The number of amides is 2. The van der Waals surface area contributed by atoms with Crippen LogP contribution in [0.25, 0.3) is 0 Å². The van der Waals surface area contributed by atoms with Crippen molar-refractivity contribution >= 4 is 18.1 Å². The van der Waals surface area contributed by atoms with Gasteiger partial charge in [-0.3, -0.25) is 10.3 Å². The van der Waals surface area contributed by atoms with Gasteiger partial charge in [-0.25, -0.2) is 14.8 Å². The number of carbonyl (C=O) groups is 1. The third kappa shape index (κ3) is 2.42. The Bertz CT molecular complexity index is 626. The second-order valence-corrected chi connectivity index (χ2v) is 4.00. The number of anilines is 1. The van der Waals surface area contributed by atoms with Gasteiger partial charge < -0.3 is 0 Å². The van der Waals surface area contributed by atoms with Crippen LogP contribution < -0.4 is 5.32 Å². The van der Waals surface area contributed by atoms with Crippen LogP contribution in [0.15, 0.2) is 47.8 Å². The summed E-state index contributed by atoms with van der Waals surface area (Å²) in [5, 5.41) is 8.17. The first-order chi connectivity index (χ1) is 9.33. The van der Waals surface area contributed by atoms with E-state index < -0.39 is 0 Å². The molecule has 1 aliphatic heterocycles. The van der Waals surface area contributed by atoms with Crippen molar-refractivity contribution in [3.8, 4) is 0 Å². The second-order valence-electron chi connectivity index (χ2n) is 4.00. The van der Waals surface area contributed by atoms with Gasteiger partial charge >= 0.3 is 6.03 Å². The van der Waals surface area contributed by atoms with Gasteiger partial charge in [0.25, 0.3) is 0 Å². The lowest BCUT2D eigenvalue weighted by Gasteiger charge is -2.24. The molecule has 2 aromatic heterocycles. The summed E-state index contributed by atoms with van der Waals surface area (Å²) in [6.45, 7) is 0.401. The second kappa shape index (κ2) is 4.85. The fraction of sp³-hybridized carbons (Fsp3) is 0.0769. The Morgan fingerprint density at radius 2 is 2.11 bits per heavy atom. The van der Waals surface area contributed by atoms with E-state index in [1.165, 1.54) is 5.01 Å². The molecule has 0 aromatic carbocycles. The molecule has 6 nitrogen and oxygen atoms in total. The summed E-state index contributed by atoms with van der Waals surface area (Å²) >= 11 is 0. The van der Waals surface area contributed by atoms with Crippen LogP contribution >= 0.6 is 0 Å². The zero-order valence-corrected chi connectivity index (χ0v) is 10.0. The van der Waals surface area contributed by atoms with Crippen molar-refractivity contribution in [1.82, 2.24) is 15.0 Å². The molecule has 94 valence electrons. The molecule has 3 heterocycles. The summed E-state index contributed by atoms with van der Waals surface area (Å²) in [6, 6.07) is 8.96. The molecule has 0 fully saturated rings. The van der Waals surface area contributed by atoms with Crippen molar-refractivity contribution in [3.05, 3.63) is 54.0 Å². The predicted molar refractivity (Wildman–Crippen MR) is 70.6 cm³/mol. The minimum atomic E-state index is -0.293. The molecule has 19 heavy (non-hydrogen) atoms. The smallest absolute Gasteiger partial charge is 0.290 e. The van der Waals surface area contributed by atoms with E-state index in [1.54, 1.807) is 18.6 Å². The van der Waals surface area contributed by atoms with E-state index in [1.807, 2.05) is 30.3 Å². The van der Waals surface area contributed by atoms with Gasteiger partial charge in [-0.1, -0.05) is 12.1 Å². The largest absolute Gasteiger partial charge is 0.343 e. The number of aromatic nitrogens is 2. The van der Waals surface area contributed by atoms with Crippen LogP contribution in [0.2, 0.25) is 0 Å². The third-order valence-electron chi connectivity index (χ3n) is 2.69. The van der Waals surface area contributed by atoms with E-state index in [4.69, 9.17) is 0 Å². The highest BCUT2D eigenvalue weighted by Crippen LogP contribution is 2.20. The Morgan fingerprint density at radius 1 is 1.21 bits per heavy atom. The minimum Gasteiger partial charge on any atom is -0.290 e. The number of pyridine rings is 2. The van der Waals surface area contributed by atoms with Crippen LogP contribution in [0.5, 0.6) is 0 Å². The fourth-order valence-electron chi connectivity index (χ4n) is 1.75. The Labute approximate surface area is 109 Å². The van der Waals surface area contributed by atoms with Crippen molar-refractivity contribution in [2.45, 2.75) is 6.54 Å². The molecule has 0 bridgehead atoms. The summed E-state index contributed by atoms with van der Waals surface area (Å²) in [7, 11) is 0. The number of nitrogens with zero attached hydrogens (tertiary/aromatic N) is 4. The van der Waals surface area contributed by atoms with Crippen molar-refractivity contribution in [3.63, 3.8) is 0 Å². The molecule has 1 aliphatic rings. The number of hydrogen-bond donors (Lipinski definition) is 1. The van der Waals surface area contributed by atoms with Gasteiger partial charge in [-0.05, 0) is 18.2 Å². The Morgan fingerprint density at radius 3 is 2.95 bits per heavy atom. The fourth-order valence-corrected chi connectivity index (χ4v) is 1.75. The predicted octanol–water partition coefficient (Wildman–Crippen LogP) is 1.86. The highest BCUT2D eigenvalue weighted by molar-refractivity contribution is 5.91. The first kappa shape index (κ1) is 11.3. The molecule has 1 N–H and O–H groups in total. The zero-order valence-electron chi connectivity index (χ0n) is 10.0. The number of carbonyl (C=O) groups excluding carboxylic acids is 1. The highest BCUT2D eigenvalue weighted by Gasteiger charge is 2.22. The van der Waals surface area contributed by atoms with Crippen LogP contribution in [0.1, 0.15) is 11.3 Å². The van der Waals surface area contributed by atoms with Gasteiger partial charge in [0.05, 0.1) is 18.5 Å². The molecule has 0 atom stereocenters. The lowest BCUT2D eigenvalue weighted by Crippen LogP contribution is -2.35. The van der Waals surface area contributed by atoms with E-state index in [9.17, 15) is 4.79 Å². The van der Waals surface area contributed by atoms with E-state index in [0.717, 1.165) is 5.56 Å². The number of rotatable bonds is 2. The van der Waals surface area contributed by atoms with Gasteiger partial charge in [0, 0.05) is 18.0 Å². The molecule has 6 heteroatoms. The molecular formula is C13H11N5O. The van der Waals surface area contributed by atoms with Crippen molar-refractivity contribution in [1.29, 1.82) is 0 Å². The number of fused-ring (bicyclic) bond motifs is 1. The topological polar surface area (TPSA) is 70.5 Å². The van der Waals surface area contributed by atoms with Gasteiger partial charge in [0.2, 0.25) is 0 Å². The van der Waals surface area contributed by atoms with E-state index in [-0.39, 0.29) is 6.03 Å². The standard InChI is InChI=1S/C13H11N5O/c19-13-17-12-10(4-3-7-15-12)9-18(13)16-8-11-5-1-2-6-14-11/h1-8H,9H2,(H,15,17,19). The van der Waals surface area contributed by atoms with Gasteiger partial charge in [0.1, 0.15) is 5.82 Å². The van der Waals surface area contributed by atoms with Crippen molar-refractivity contribution < 1.29 is 4.79 Å². The number of hydrogen-bond acceptors (Lipinski definition) is 4. The first-order valence-corrected chi connectivity index (χ1v) is 5.80. The average Bonchev–Trinajstić information content (AvgIpc) is 2.46. The monoisotopic (exact) mass is 253 g/mol. The summed E-state index contributed by atoms with van der Waals surface area (Å²) in [4.78, 5) is 20.0. The normalized spacial score (nSPS) is 14.3. The maximum atomic E-state index is 11.8. The zero-order chi connectivity index (χ0) is 13.1. The quantitative estimate of drug-likeness (QED) is 0.830. The summed E-state index contributed by atoms with van der Waals surface area (Å²) < 4.78 is 0. The summed E-state index contributed by atoms with van der Waals surface area (Å²) in [6.07, 6.45) is 4.88. The maximum Gasteiger partial charge on any atom is 0.343 e. The molecular weight excluding hydrogens is 242 g/mol. The maximum absolute atomic E-state index is 11.8. The van der Waals surface area contributed by atoms with E-state index >= 15 is 0 Å². The van der Waals surface area contributed by atoms with E-state index in [2.05, 4.69) is 20.4 Å². The molecule has 0 radical (unpaired) electrons. The van der Waals surface area contributed by atoms with Gasteiger partial charge in [-0.15, -0.1) is 0 Å². The molecule has 0 unspecified atom stereocenters. The molecule has 0 saturated heterocycles. The molecule has 2 aromatic rings. The molecule has 0 spiro atoms. The number of nitrogens with one attached hydrogen (secondary N) is 1. The van der Waals surface area contributed by atoms with Crippen molar-refractivity contribution in [2.24, 2.45) is 5.10 Å². The lowest BCUT2D eigenvalue weighted by atomic mass is 10.2.